The molecule has 0 aliphatic rings. The molecule has 1 heterocycles. The lowest BCUT2D eigenvalue weighted by molar-refractivity contribution is 0.776. The average molecular weight is 382 g/mol. The van der Waals surface area contributed by atoms with E-state index in [1.54, 1.807) is 41.2 Å². The van der Waals surface area contributed by atoms with Crippen molar-refractivity contribution in [1.82, 2.24) is 20.2 Å². The third-order valence-electron chi connectivity index (χ3n) is 3.08. The van der Waals surface area contributed by atoms with E-state index in [9.17, 15) is 0 Å². The summed E-state index contributed by atoms with van der Waals surface area (Å²) in [5.74, 6) is 0.650. The number of halogens is 3. The average Bonchev–Trinajstić information content (AvgIpc) is 3.04. The highest BCUT2D eigenvalue weighted by Crippen LogP contribution is 2.24. The highest BCUT2D eigenvalue weighted by molar-refractivity contribution is 6.42. The summed E-state index contributed by atoms with van der Waals surface area (Å²) in [6, 6.07) is 12.4. The number of nitrogens with zero attached hydrogens (tertiary/aromatic N) is 5. The normalized spacial score (nSPS) is 11.1. The lowest BCUT2D eigenvalue weighted by Crippen LogP contribution is -2.04. The Bertz CT molecular complexity index is 860. The van der Waals surface area contributed by atoms with Gasteiger partial charge in [0.1, 0.15) is 0 Å². The maximum Gasteiger partial charge on any atom is 0.162 e. The van der Waals surface area contributed by atoms with Gasteiger partial charge in [-0.1, -0.05) is 34.8 Å². The Hall–Kier alpha value is -2.15. The third-order valence-corrected chi connectivity index (χ3v) is 4.07. The Labute approximate surface area is 153 Å². The molecule has 0 aliphatic heterocycles. The van der Waals surface area contributed by atoms with Crippen LogP contribution in [0.1, 0.15) is 5.82 Å². The second kappa shape index (κ2) is 7.61. The number of anilines is 1. The van der Waals surface area contributed by atoms with Gasteiger partial charge in [-0.2, -0.15) is 9.78 Å². The molecule has 1 N–H and O–H groups in total. The predicted octanol–water partition coefficient (Wildman–Crippen LogP) is 4.26. The maximum atomic E-state index is 5.94. The fourth-order valence-electron chi connectivity index (χ4n) is 1.93. The zero-order valence-electron chi connectivity index (χ0n) is 12.2. The quantitative estimate of drug-likeness (QED) is 0.529. The SMILES string of the molecule is Clc1ccc(-n2nnnc2C/C=N\Nc2ccc(Cl)c(Cl)c2)cc1. The summed E-state index contributed by atoms with van der Waals surface area (Å²) in [5, 5.41) is 17.4. The molecule has 0 spiro atoms. The Morgan fingerprint density at radius 1 is 1.04 bits per heavy atom. The molecule has 2 aromatic carbocycles. The van der Waals surface area contributed by atoms with Crippen molar-refractivity contribution in [1.29, 1.82) is 0 Å². The highest BCUT2D eigenvalue weighted by atomic mass is 35.5. The van der Waals surface area contributed by atoms with E-state index in [4.69, 9.17) is 34.8 Å². The zero-order chi connectivity index (χ0) is 16.9. The number of aromatic nitrogens is 4. The molecule has 0 unspecified atom stereocenters. The topological polar surface area (TPSA) is 68.0 Å². The van der Waals surface area contributed by atoms with Gasteiger partial charge in [-0.15, -0.1) is 5.10 Å². The third kappa shape index (κ3) is 4.03. The fourth-order valence-corrected chi connectivity index (χ4v) is 2.35. The highest BCUT2D eigenvalue weighted by Gasteiger charge is 2.06. The van der Waals surface area contributed by atoms with Crippen LogP contribution in [0, 0.1) is 0 Å². The van der Waals surface area contributed by atoms with Gasteiger partial charge in [0.25, 0.3) is 0 Å². The first kappa shape index (κ1) is 16.7. The van der Waals surface area contributed by atoms with Crippen LogP contribution in [-0.2, 0) is 6.42 Å². The second-order valence-corrected chi connectivity index (χ2v) is 5.99. The first-order chi connectivity index (χ1) is 11.6. The molecule has 122 valence electrons. The summed E-state index contributed by atoms with van der Waals surface area (Å²) < 4.78 is 1.63. The summed E-state index contributed by atoms with van der Waals surface area (Å²) in [7, 11) is 0. The van der Waals surface area contributed by atoms with Crippen molar-refractivity contribution in [2.24, 2.45) is 5.10 Å². The van der Waals surface area contributed by atoms with Gasteiger partial charge >= 0.3 is 0 Å². The molecule has 0 bridgehead atoms. The molecular weight excluding hydrogens is 371 g/mol. The van der Waals surface area contributed by atoms with Crippen LogP contribution in [0.15, 0.2) is 47.6 Å². The molecule has 0 saturated carbocycles. The molecule has 0 radical (unpaired) electrons. The fraction of sp³-hybridized carbons (Fsp3) is 0.0667. The van der Waals surface area contributed by atoms with Crippen molar-refractivity contribution in [2.45, 2.75) is 6.42 Å². The van der Waals surface area contributed by atoms with Crippen LogP contribution < -0.4 is 5.43 Å². The van der Waals surface area contributed by atoms with Crippen molar-refractivity contribution < 1.29 is 0 Å². The first-order valence-electron chi connectivity index (χ1n) is 6.89. The van der Waals surface area contributed by atoms with E-state index in [1.165, 1.54) is 0 Å². The first-order valence-corrected chi connectivity index (χ1v) is 8.02. The van der Waals surface area contributed by atoms with Crippen molar-refractivity contribution >= 4 is 46.7 Å². The summed E-state index contributed by atoms with van der Waals surface area (Å²) in [6.45, 7) is 0. The van der Waals surface area contributed by atoms with Gasteiger partial charge in [0.05, 0.1) is 21.4 Å². The Morgan fingerprint density at radius 3 is 2.58 bits per heavy atom. The maximum absolute atomic E-state index is 5.94. The molecule has 0 saturated heterocycles. The predicted molar refractivity (Wildman–Crippen MR) is 96.4 cm³/mol. The van der Waals surface area contributed by atoms with Crippen molar-refractivity contribution in [3.8, 4) is 5.69 Å². The molecule has 1 aromatic heterocycles. The smallest absolute Gasteiger partial charge is 0.162 e. The minimum atomic E-state index is 0.448. The number of hydrazone groups is 1. The Kier molecular flexibility index (Phi) is 5.30. The minimum absolute atomic E-state index is 0.448. The Morgan fingerprint density at radius 2 is 1.83 bits per heavy atom. The Balaban J connectivity index is 1.66. The van der Waals surface area contributed by atoms with E-state index in [1.807, 2.05) is 12.1 Å². The standard InChI is InChI=1S/C15H11Cl3N6/c16-10-1-4-12(5-2-10)24-15(21-22-23-24)7-8-19-20-11-3-6-13(17)14(18)9-11/h1-6,8-9,20H,7H2/b19-8-. The summed E-state index contributed by atoms with van der Waals surface area (Å²) >= 11 is 17.7. The number of rotatable bonds is 5. The van der Waals surface area contributed by atoms with Gasteiger partial charge in [-0.3, -0.25) is 5.43 Å². The van der Waals surface area contributed by atoms with Gasteiger partial charge < -0.3 is 0 Å². The van der Waals surface area contributed by atoms with Crippen LogP contribution in [-0.4, -0.2) is 26.4 Å². The molecule has 0 amide bonds. The second-order valence-electron chi connectivity index (χ2n) is 4.74. The summed E-state index contributed by atoms with van der Waals surface area (Å²) in [6.07, 6.45) is 2.12. The lowest BCUT2D eigenvalue weighted by atomic mass is 10.3. The molecule has 0 fully saturated rings. The number of hydrogen-bond donors (Lipinski definition) is 1. The van der Waals surface area contributed by atoms with Gasteiger partial charge in [0, 0.05) is 17.7 Å². The zero-order valence-corrected chi connectivity index (χ0v) is 14.5. The molecule has 0 aliphatic carbocycles. The largest absolute Gasteiger partial charge is 0.279 e. The number of hydrogen-bond acceptors (Lipinski definition) is 5. The molecule has 3 rings (SSSR count). The minimum Gasteiger partial charge on any atom is -0.279 e. The number of benzene rings is 2. The summed E-state index contributed by atoms with van der Waals surface area (Å²) in [5.41, 5.74) is 4.43. The van der Waals surface area contributed by atoms with Crippen molar-refractivity contribution in [3.05, 3.63) is 63.4 Å². The number of nitrogens with one attached hydrogen (secondary N) is 1. The molecule has 24 heavy (non-hydrogen) atoms. The van der Waals surface area contributed by atoms with Crippen molar-refractivity contribution in [3.63, 3.8) is 0 Å². The molecule has 6 nitrogen and oxygen atoms in total. The van der Waals surface area contributed by atoms with Crippen molar-refractivity contribution in [2.75, 3.05) is 5.43 Å². The van der Waals surface area contributed by atoms with Gasteiger partial charge in [0.15, 0.2) is 5.82 Å². The van der Waals surface area contributed by atoms with E-state index >= 15 is 0 Å². The molecule has 3 aromatic rings. The van der Waals surface area contributed by atoms with Gasteiger partial charge in [0.2, 0.25) is 0 Å². The van der Waals surface area contributed by atoms with Crippen LogP contribution in [0.4, 0.5) is 5.69 Å². The van der Waals surface area contributed by atoms with Gasteiger partial charge in [-0.05, 0) is 52.9 Å². The van der Waals surface area contributed by atoms with E-state index in [-0.39, 0.29) is 0 Å². The molecule has 9 heteroatoms. The van der Waals surface area contributed by atoms with Gasteiger partial charge in [-0.25, -0.2) is 0 Å². The van der Waals surface area contributed by atoms with Crippen LogP contribution in [0.3, 0.4) is 0 Å². The molecule has 0 atom stereocenters. The summed E-state index contributed by atoms with van der Waals surface area (Å²) in [4.78, 5) is 0. The lowest BCUT2D eigenvalue weighted by Gasteiger charge is -2.03. The molecular formula is C15H11Cl3N6. The number of tetrazole rings is 1. The van der Waals surface area contributed by atoms with E-state index < -0.39 is 0 Å². The van der Waals surface area contributed by atoms with E-state index in [0.717, 1.165) is 11.4 Å². The monoisotopic (exact) mass is 380 g/mol. The van der Waals surface area contributed by atoms with Crippen LogP contribution in [0.5, 0.6) is 0 Å². The van der Waals surface area contributed by atoms with Crippen LogP contribution in [0.25, 0.3) is 5.69 Å². The van der Waals surface area contributed by atoms with E-state index in [0.29, 0.717) is 27.3 Å². The van der Waals surface area contributed by atoms with E-state index in [2.05, 4.69) is 26.1 Å². The van der Waals surface area contributed by atoms with Crippen LogP contribution >= 0.6 is 34.8 Å². The van der Waals surface area contributed by atoms with Crippen LogP contribution in [0.2, 0.25) is 15.1 Å².